The maximum absolute atomic E-state index is 13.1. The Morgan fingerprint density at radius 3 is 2.37 bits per heavy atom. The van der Waals surface area contributed by atoms with E-state index in [4.69, 9.17) is 10.5 Å². The van der Waals surface area contributed by atoms with E-state index < -0.39 is 11.6 Å². The van der Waals surface area contributed by atoms with Crippen LogP contribution < -0.4 is 15.8 Å². The van der Waals surface area contributed by atoms with Crippen LogP contribution in [0.25, 0.3) is 0 Å². The van der Waals surface area contributed by atoms with Crippen molar-refractivity contribution in [3.8, 4) is 5.75 Å². The molecule has 0 unspecified atom stereocenters. The van der Waals surface area contributed by atoms with E-state index in [9.17, 15) is 8.78 Å². The number of hydrogen-bond donors (Lipinski definition) is 2. The average Bonchev–Trinajstić information content (AvgIpc) is 2.55. The van der Waals surface area contributed by atoms with Crippen LogP contribution in [0.4, 0.5) is 8.78 Å². The van der Waals surface area contributed by atoms with Gasteiger partial charge in [-0.2, -0.15) is 13.5 Å². The van der Waals surface area contributed by atoms with Gasteiger partial charge in [0.1, 0.15) is 24.0 Å². The van der Waals surface area contributed by atoms with Gasteiger partial charge in [0.05, 0.1) is 0 Å². The van der Waals surface area contributed by atoms with Gasteiger partial charge in [-0.3, -0.25) is 0 Å². The number of halogens is 2. The Bertz CT molecular complexity index is 699. The molecule has 0 bridgehead atoms. The molecule has 0 aliphatic carbocycles. The highest BCUT2D eigenvalue weighted by Crippen LogP contribution is 2.22. The standard InChI is InChI=1S/C21H28F2N2O.H2S/c1-21(2,3)16-6-4-5-15(9-16)13-25-8-7-19(24)14-26-20-11-17(22)10-18(23)12-20;/h4-6,9-12,19,25H,7-8,13-14,24H2,1-3H3;1H2/t19-;/m1./s1. The summed E-state index contributed by atoms with van der Waals surface area (Å²) in [6, 6.07) is 11.4. The Balaban J connectivity index is 0.00000364. The molecule has 2 rings (SSSR count). The predicted molar refractivity (Wildman–Crippen MR) is 112 cm³/mol. The first kappa shape index (κ1) is 23.4. The van der Waals surface area contributed by atoms with Crippen LogP contribution in [-0.4, -0.2) is 19.2 Å². The van der Waals surface area contributed by atoms with Crippen LogP contribution in [0.3, 0.4) is 0 Å². The molecular weight excluding hydrogens is 366 g/mol. The lowest BCUT2D eigenvalue weighted by molar-refractivity contribution is 0.278. The SMILES string of the molecule is CC(C)(C)c1cccc(CNCC[C@@H](N)COc2cc(F)cc(F)c2)c1.S. The molecule has 0 saturated heterocycles. The van der Waals surface area contributed by atoms with Crippen LogP contribution in [0.5, 0.6) is 5.75 Å². The number of hydrogen-bond acceptors (Lipinski definition) is 3. The summed E-state index contributed by atoms with van der Waals surface area (Å²) in [4.78, 5) is 0. The highest BCUT2D eigenvalue weighted by atomic mass is 32.1. The third kappa shape index (κ3) is 8.28. The normalized spacial score (nSPS) is 12.4. The first-order chi connectivity index (χ1) is 12.2. The second-order valence-corrected chi connectivity index (χ2v) is 7.59. The Kier molecular flexibility index (Phi) is 9.22. The maximum Gasteiger partial charge on any atom is 0.129 e. The number of nitrogens with one attached hydrogen (secondary N) is 1. The number of ether oxygens (including phenoxy) is 1. The summed E-state index contributed by atoms with van der Waals surface area (Å²) in [5.41, 5.74) is 8.68. The summed E-state index contributed by atoms with van der Waals surface area (Å²) in [6.45, 7) is 8.31. The van der Waals surface area contributed by atoms with Crippen LogP contribution in [-0.2, 0) is 12.0 Å². The molecule has 0 aromatic heterocycles. The van der Waals surface area contributed by atoms with Gasteiger partial charge in [-0.1, -0.05) is 45.0 Å². The van der Waals surface area contributed by atoms with Crippen molar-refractivity contribution in [3.63, 3.8) is 0 Å². The Labute approximate surface area is 167 Å². The number of nitrogens with two attached hydrogens (primary N) is 1. The van der Waals surface area contributed by atoms with Crippen molar-refractivity contribution in [3.05, 3.63) is 65.2 Å². The highest BCUT2D eigenvalue weighted by molar-refractivity contribution is 7.59. The van der Waals surface area contributed by atoms with Gasteiger partial charge < -0.3 is 15.8 Å². The molecule has 0 fully saturated rings. The van der Waals surface area contributed by atoms with E-state index >= 15 is 0 Å². The van der Waals surface area contributed by atoms with Gasteiger partial charge in [0.25, 0.3) is 0 Å². The second-order valence-electron chi connectivity index (χ2n) is 7.59. The molecule has 0 heterocycles. The first-order valence-electron chi connectivity index (χ1n) is 8.88. The van der Waals surface area contributed by atoms with Crippen molar-refractivity contribution < 1.29 is 13.5 Å². The lowest BCUT2D eigenvalue weighted by atomic mass is 9.86. The molecular formula is C21H30F2N2OS. The minimum Gasteiger partial charge on any atom is -0.492 e. The summed E-state index contributed by atoms with van der Waals surface area (Å²) in [5.74, 6) is -1.16. The fourth-order valence-corrected chi connectivity index (χ4v) is 2.57. The Hall–Kier alpha value is -1.63. The molecule has 150 valence electrons. The lowest BCUT2D eigenvalue weighted by Gasteiger charge is -2.20. The molecule has 0 aliphatic heterocycles. The molecule has 0 aliphatic rings. The molecule has 3 nitrogen and oxygen atoms in total. The van der Waals surface area contributed by atoms with Crippen molar-refractivity contribution in [2.24, 2.45) is 5.73 Å². The van der Waals surface area contributed by atoms with E-state index in [-0.39, 0.29) is 37.3 Å². The zero-order valence-electron chi connectivity index (χ0n) is 16.2. The molecule has 3 N–H and O–H groups in total. The van der Waals surface area contributed by atoms with E-state index in [1.54, 1.807) is 0 Å². The van der Waals surface area contributed by atoms with Crippen molar-refractivity contribution in [1.29, 1.82) is 0 Å². The molecule has 0 radical (unpaired) electrons. The average molecular weight is 397 g/mol. The number of benzene rings is 2. The van der Waals surface area contributed by atoms with Crippen LogP contribution in [0.2, 0.25) is 0 Å². The van der Waals surface area contributed by atoms with E-state index in [1.807, 2.05) is 0 Å². The summed E-state index contributed by atoms with van der Waals surface area (Å²) >= 11 is 0. The van der Waals surface area contributed by atoms with Gasteiger partial charge in [0.15, 0.2) is 0 Å². The van der Waals surface area contributed by atoms with Crippen LogP contribution >= 0.6 is 13.5 Å². The summed E-state index contributed by atoms with van der Waals surface area (Å²) in [7, 11) is 0. The van der Waals surface area contributed by atoms with Crippen molar-refractivity contribution in [2.75, 3.05) is 13.2 Å². The third-order valence-electron chi connectivity index (χ3n) is 4.11. The monoisotopic (exact) mass is 396 g/mol. The smallest absolute Gasteiger partial charge is 0.129 e. The summed E-state index contributed by atoms with van der Waals surface area (Å²) in [5, 5.41) is 3.37. The molecule has 1 atom stereocenters. The molecule has 0 spiro atoms. The van der Waals surface area contributed by atoms with Gasteiger partial charge in [0.2, 0.25) is 0 Å². The molecule has 27 heavy (non-hydrogen) atoms. The van der Waals surface area contributed by atoms with Crippen molar-refractivity contribution >= 4 is 13.5 Å². The maximum atomic E-state index is 13.1. The van der Waals surface area contributed by atoms with Gasteiger partial charge in [-0.25, -0.2) is 8.78 Å². The van der Waals surface area contributed by atoms with Crippen LogP contribution in [0, 0.1) is 11.6 Å². The van der Waals surface area contributed by atoms with E-state index in [0.717, 1.165) is 31.3 Å². The largest absolute Gasteiger partial charge is 0.492 e. The van der Waals surface area contributed by atoms with E-state index in [2.05, 4.69) is 50.4 Å². The predicted octanol–water partition coefficient (Wildman–Crippen LogP) is 4.26. The van der Waals surface area contributed by atoms with Crippen molar-refractivity contribution in [2.45, 2.75) is 45.2 Å². The van der Waals surface area contributed by atoms with Gasteiger partial charge in [-0.15, -0.1) is 0 Å². The zero-order chi connectivity index (χ0) is 19.2. The van der Waals surface area contributed by atoms with Crippen molar-refractivity contribution in [1.82, 2.24) is 5.32 Å². The highest BCUT2D eigenvalue weighted by Gasteiger charge is 2.13. The molecule has 6 heteroatoms. The summed E-state index contributed by atoms with van der Waals surface area (Å²) in [6.07, 6.45) is 0.705. The quantitative estimate of drug-likeness (QED) is 0.656. The summed E-state index contributed by atoms with van der Waals surface area (Å²) < 4.78 is 31.6. The first-order valence-corrected chi connectivity index (χ1v) is 8.88. The van der Waals surface area contributed by atoms with E-state index in [1.165, 1.54) is 11.1 Å². The lowest BCUT2D eigenvalue weighted by Crippen LogP contribution is -2.31. The molecule has 0 saturated carbocycles. The minimum absolute atomic E-state index is 0. The molecule has 2 aromatic rings. The van der Waals surface area contributed by atoms with Crippen LogP contribution in [0.15, 0.2) is 42.5 Å². The van der Waals surface area contributed by atoms with Gasteiger partial charge in [0, 0.05) is 30.8 Å². The number of rotatable bonds is 8. The van der Waals surface area contributed by atoms with Gasteiger partial charge >= 0.3 is 0 Å². The Morgan fingerprint density at radius 1 is 1.07 bits per heavy atom. The molecule has 0 amide bonds. The van der Waals surface area contributed by atoms with Crippen LogP contribution in [0.1, 0.15) is 38.3 Å². The second kappa shape index (κ2) is 10.6. The fourth-order valence-electron chi connectivity index (χ4n) is 2.57. The zero-order valence-corrected chi connectivity index (χ0v) is 17.2. The third-order valence-corrected chi connectivity index (χ3v) is 4.11. The molecule has 2 aromatic carbocycles. The van der Waals surface area contributed by atoms with Gasteiger partial charge in [-0.05, 0) is 29.5 Å². The topological polar surface area (TPSA) is 47.3 Å². The fraction of sp³-hybridized carbons (Fsp3) is 0.429. The van der Waals surface area contributed by atoms with E-state index in [0.29, 0.717) is 6.42 Å². The minimum atomic E-state index is -0.660. The Morgan fingerprint density at radius 2 is 1.74 bits per heavy atom.